The van der Waals surface area contributed by atoms with E-state index in [0.717, 1.165) is 11.3 Å². The molecule has 0 saturated carbocycles. The molecule has 1 aromatic carbocycles. The maximum absolute atomic E-state index is 12.1. The topological polar surface area (TPSA) is 75.3 Å². The van der Waals surface area contributed by atoms with Gasteiger partial charge in [0.05, 0.1) is 6.61 Å². The average molecular weight is 296 g/mol. The number of aliphatic hydroxyl groups excluding tert-OH is 1. The van der Waals surface area contributed by atoms with E-state index in [0.29, 0.717) is 12.2 Å². The van der Waals surface area contributed by atoms with Crippen LogP contribution in [0, 0.1) is 0 Å². The molecule has 1 amide bonds. The Morgan fingerprint density at radius 1 is 1.35 bits per heavy atom. The summed E-state index contributed by atoms with van der Waals surface area (Å²) >= 11 is 1.62. The molecule has 1 rings (SSSR count). The number of benzene rings is 1. The van der Waals surface area contributed by atoms with Crippen molar-refractivity contribution < 1.29 is 9.90 Å². The summed E-state index contributed by atoms with van der Waals surface area (Å²) in [7, 11) is 0. The highest BCUT2D eigenvalue weighted by atomic mass is 32.2. The fraction of sp³-hybridized carbons (Fsp3) is 0.533. The lowest BCUT2D eigenvalue weighted by molar-refractivity contribution is -0.125. The average Bonchev–Trinajstić information content (AvgIpc) is 2.42. The van der Waals surface area contributed by atoms with Crippen LogP contribution in [0.5, 0.6) is 0 Å². The van der Waals surface area contributed by atoms with Crippen molar-refractivity contribution >= 4 is 17.7 Å². The van der Waals surface area contributed by atoms with Gasteiger partial charge in [-0.3, -0.25) is 10.1 Å². The van der Waals surface area contributed by atoms with E-state index in [1.165, 1.54) is 0 Å². The summed E-state index contributed by atoms with van der Waals surface area (Å²) in [6, 6.07) is 9.75. The predicted octanol–water partition coefficient (Wildman–Crippen LogP) is 1.48. The van der Waals surface area contributed by atoms with Crippen LogP contribution in [0.25, 0.3) is 0 Å². The summed E-state index contributed by atoms with van der Waals surface area (Å²) in [6.45, 7) is 4.15. The Hall–Kier alpha value is -1.04. The molecule has 0 heterocycles. The zero-order valence-corrected chi connectivity index (χ0v) is 13.0. The molecule has 1 atom stereocenters. The first-order valence-corrected chi connectivity index (χ1v) is 8.00. The standard InChI is InChI=1S/C15H24N2O2S/c1-12(2)17-15(14(16)19,8-10-20-11-9-18)13-6-4-3-5-7-13/h3-7,12,17-18H,8-11H2,1-2H3,(H2,16,19). The minimum absolute atomic E-state index is 0.144. The van der Waals surface area contributed by atoms with Crippen molar-refractivity contribution in [2.45, 2.75) is 31.8 Å². The number of nitrogens with one attached hydrogen (secondary N) is 1. The van der Waals surface area contributed by atoms with Crippen LogP contribution in [0.4, 0.5) is 0 Å². The number of rotatable bonds is 9. The summed E-state index contributed by atoms with van der Waals surface area (Å²) < 4.78 is 0. The molecule has 112 valence electrons. The molecule has 4 N–H and O–H groups in total. The van der Waals surface area contributed by atoms with E-state index in [-0.39, 0.29) is 18.6 Å². The van der Waals surface area contributed by atoms with Gasteiger partial charge in [-0.2, -0.15) is 11.8 Å². The van der Waals surface area contributed by atoms with Crippen LogP contribution in [-0.4, -0.2) is 35.2 Å². The van der Waals surface area contributed by atoms with E-state index in [1.54, 1.807) is 11.8 Å². The first kappa shape index (κ1) is 17.0. The third kappa shape index (κ3) is 4.51. The van der Waals surface area contributed by atoms with Crippen LogP contribution in [-0.2, 0) is 10.3 Å². The Labute approximate surface area is 125 Å². The molecule has 0 radical (unpaired) electrons. The molecule has 0 aliphatic rings. The SMILES string of the molecule is CC(C)NC(CCSCCO)(C(N)=O)c1ccccc1. The predicted molar refractivity (Wildman–Crippen MR) is 84.6 cm³/mol. The highest BCUT2D eigenvalue weighted by Crippen LogP contribution is 2.27. The maximum atomic E-state index is 12.1. The van der Waals surface area contributed by atoms with Crippen LogP contribution in [0.15, 0.2) is 30.3 Å². The van der Waals surface area contributed by atoms with Gasteiger partial charge in [-0.1, -0.05) is 30.3 Å². The maximum Gasteiger partial charge on any atom is 0.242 e. The molecule has 1 unspecified atom stereocenters. The number of nitrogens with two attached hydrogens (primary N) is 1. The van der Waals surface area contributed by atoms with Crippen LogP contribution < -0.4 is 11.1 Å². The number of aliphatic hydroxyl groups is 1. The third-order valence-electron chi connectivity index (χ3n) is 3.08. The first-order valence-electron chi connectivity index (χ1n) is 6.84. The van der Waals surface area contributed by atoms with E-state index in [1.807, 2.05) is 44.2 Å². The fourth-order valence-corrected chi connectivity index (χ4v) is 3.03. The molecule has 0 aliphatic carbocycles. The van der Waals surface area contributed by atoms with Gasteiger partial charge in [-0.05, 0) is 31.6 Å². The molecule has 20 heavy (non-hydrogen) atoms. The molecule has 0 saturated heterocycles. The Bertz CT molecular complexity index is 412. The third-order valence-corrected chi connectivity index (χ3v) is 4.04. The monoisotopic (exact) mass is 296 g/mol. The van der Waals surface area contributed by atoms with Gasteiger partial charge in [0.1, 0.15) is 5.54 Å². The van der Waals surface area contributed by atoms with Crippen LogP contribution in [0.3, 0.4) is 0 Å². The number of carbonyl (C=O) groups is 1. The van der Waals surface area contributed by atoms with Crippen LogP contribution in [0.1, 0.15) is 25.8 Å². The molecule has 0 aromatic heterocycles. The van der Waals surface area contributed by atoms with Gasteiger partial charge in [0.25, 0.3) is 0 Å². The Balaban J connectivity index is 2.99. The van der Waals surface area contributed by atoms with Crippen LogP contribution in [0.2, 0.25) is 0 Å². The lowest BCUT2D eigenvalue weighted by Gasteiger charge is -2.34. The molecule has 0 fully saturated rings. The van der Waals surface area contributed by atoms with Gasteiger partial charge >= 0.3 is 0 Å². The normalized spacial score (nSPS) is 14.2. The number of hydrogen-bond acceptors (Lipinski definition) is 4. The molecule has 0 spiro atoms. The summed E-state index contributed by atoms with van der Waals surface area (Å²) in [6.07, 6.45) is 0.606. The van der Waals surface area contributed by atoms with Crippen molar-refractivity contribution in [1.29, 1.82) is 0 Å². The van der Waals surface area contributed by atoms with E-state index in [4.69, 9.17) is 10.8 Å². The molecule has 5 heteroatoms. The zero-order chi connectivity index (χ0) is 15.0. The van der Waals surface area contributed by atoms with Crippen molar-refractivity contribution in [1.82, 2.24) is 5.32 Å². The second-order valence-electron chi connectivity index (χ2n) is 5.02. The number of carbonyl (C=O) groups excluding carboxylic acids is 1. The largest absolute Gasteiger partial charge is 0.396 e. The van der Waals surface area contributed by atoms with Crippen molar-refractivity contribution in [3.8, 4) is 0 Å². The number of primary amides is 1. The summed E-state index contributed by atoms with van der Waals surface area (Å²) in [5.74, 6) is 1.07. The summed E-state index contributed by atoms with van der Waals surface area (Å²) in [5.41, 5.74) is 5.75. The van der Waals surface area contributed by atoms with E-state index in [9.17, 15) is 4.79 Å². The minimum atomic E-state index is -0.849. The molecular weight excluding hydrogens is 272 g/mol. The van der Waals surface area contributed by atoms with Crippen molar-refractivity contribution in [3.63, 3.8) is 0 Å². The van der Waals surface area contributed by atoms with Gasteiger partial charge in [0.2, 0.25) is 5.91 Å². The van der Waals surface area contributed by atoms with Crippen molar-refractivity contribution in [2.24, 2.45) is 5.73 Å². The quantitative estimate of drug-likeness (QED) is 0.603. The van der Waals surface area contributed by atoms with Gasteiger partial charge in [0.15, 0.2) is 0 Å². The minimum Gasteiger partial charge on any atom is -0.396 e. The summed E-state index contributed by atoms with van der Waals surface area (Å²) in [4.78, 5) is 12.1. The molecule has 4 nitrogen and oxygen atoms in total. The molecular formula is C15H24N2O2S. The number of thioether (sulfide) groups is 1. The first-order chi connectivity index (χ1) is 9.53. The van der Waals surface area contributed by atoms with Crippen molar-refractivity contribution in [3.05, 3.63) is 35.9 Å². The molecule has 1 aromatic rings. The lowest BCUT2D eigenvalue weighted by Crippen LogP contribution is -2.55. The van der Waals surface area contributed by atoms with E-state index < -0.39 is 5.54 Å². The van der Waals surface area contributed by atoms with Crippen LogP contribution >= 0.6 is 11.8 Å². The highest BCUT2D eigenvalue weighted by molar-refractivity contribution is 7.99. The highest BCUT2D eigenvalue weighted by Gasteiger charge is 2.38. The van der Waals surface area contributed by atoms with E-state index in [2.05, 4.69) is 5.32 Å². The molecule has 0 aliphatic heterocycles. The van der Waals surface area contributed by atoms with Gasteiger partial charge in [0, 0.05) is 11.8 Å². The zero-order valence-electron chi connectivity index (χ0n) is 12.1. The number of hydrogen-bond donors (Lipinski definition) is 3. The van der Waals surface area contributed by atoms with Gasteiger partial charge in [-0.15, -0.1) is 0 Å². The fourth-order valence-electron chi connectivity index (χ4n) is 2.24. The Morgan fingerprint density at radius 3 is 2.50 bits per heavy atom. The number of amides is 1. The summed E-state index contributed by atoms with van der Waals surface area (Å²) in [5, 5.41) is 12.2. The van der Waals surface area contributed by atoms with Gasteiger partial charge in [-0.25, -0.2) is 0 Å². The second kappa shape index (κ2) is 8.29. The lowest BCUT2D eigenvalue weighted by atomic mass is 9.85. The van der Waals surface area contributed by atoms with Crippen molar-refractivity contribution in [2.75, 3.05) is 18.1 Å². The second-order valence-corrected chi connectivity index (χ2v) is 6.25. The molecule has 0 bridgehead atoms. The van der Waals surface area contributed by atoms with E-state index >= 15 is 0 Å². The smallest absolute Gasteiger partial charge is 0.242 e. The Kier molecular flexibility index (Phi) is 7.05. The Morgan fingerprint density at radius 2 is 2.00 bits per heavy atom. The van der Waals surface area contributed by atoms with Gasteiger partial charge < -0.3 is 10.8 Å².